The van der Waals surface area contributed by atoms with E-state index < -0.39 is 23.3 Å². The van der Waals surface area contributed by atoms with E-state index in [9.17, 15) is 13.6 Å². The summed E-state index contributed by atoms with van der Waals surface area (Å²) in [5, 5.41) is 5.89. The van der Waals surface area contributed by atoms with Gasteiger partial charge in [0.05, 0.1) is 0 Å². The van der Waals surface area contributed by atoms with Gasteiger partial charge in [0.25, 0.3) is 0 Å². The minimum atomic E-state index is -0.550. The van der Waals surface area contributed by atoms with E-state index in [1.807, 2.05) is 0 Å². The second-order valence-corrected chi connectivity index (χ2v) is 6.49. The molecule has 25 heavy (non-hydrogen) atoms. The number of benzene rings is 1. The summed E-state index contributed by atoms with van der Waals surface area (Å²) in [7, 11) is 3.20. The molecule has 0 saturated carbocycles. The Morgan fingerprint density at radius 3 is 2.56 bits per heavy atom. The number of halogens is 2. The van der Waals surface area contributed by atoms with Crippen LogP contribution < -0.4 is 10.6 Å². The number of carbonyl (C=O) groups excluding carboxylic acids is 1. The molecule has 140 valence electrons. The molecule has 0 aliphatic rings. The molecule has 0 radical (unpaired) electrons. The molecular formula is C17H26F2N4O2. The normalized spacial score (nSPS) is 11.9. The Kier molecular flexibility index (Phi) is 7.60. The minimum absolute atomic E-state index is 0.0885. The molecule has 0 fully saturated rings. The average Bonchev–Trinajstić information content (AvgIpc) is 2.51. The highest BCUT2D eigenvalue weighted by Gasteiger charge is 2.19. The fourth-order valence-corrected chi connectivity index (χ4v) is 1.85. The number of ether oxygens (including phenoxy) is 1. The Morgan fingerprint density at radius 1 is 1.28 bits per heavy atom. The fraction of sp³-hybridized carbons (Fsp3) is 0.529. The van der Waals surface area contributed by atoms with E-state index in [-0.39, 0.29) is 12.1 Å². The minimum Gasteiger partial charge on any atom is -0.444 e. The summed E-state index contributed by atoms with van der Waals surface area (Å²) >= 11 is 0. The molecule has 1 rings (SSSR count). The van der Waals surface area contributed by atoms with Gasteiger partial charge >= 0.3 is 6.09 Å². The maximum absolute atomic E-state index is 13.6. The van der Waals surface area contributed by atoms with Crippen molar-refractivity contribution in [2.24, 2.45) is 4.99 Å². The number of nitrogens with zero attached hydrogens (tertiary/aromatic N) is 2. The molecule has 8 heteroatoms. The molecule has 6 nitrogen and oxygen atoms in total. The van der Waals surface area contributed by atoms with Gasteiger partial charge in [-0.05, 0) is 39.0 Å². The molecule has 0 spiro atoms. The molecule has 0 bridgehead atoms. The topological polar surface area (TPSA) is 66.0 Å². The summed E-state index contributed by atoms with van der Waals surface area (Å²) in [5.74, 6) is -0.574. The van der Waals surface area contributed by atoms with E-state index >= 15 is 0 Å². The summed E-state index contributed by atoms with van der Waals surface area (Å²) in [6.07, 6.45) is -0.418. The number of rotatable bonds is 5. The van der Waals surface area contributed by atoms with Crippen LogP contribution in [0.15, 0.2) is 23.2 Å². The van der Waals surface area contributed by atoms with Crippen LogP contribution in [0.25, 0.3) is 0 Å². The standard InChI is InChI=1S/C17H26F2N4O2/c1-17(2,3)25-16(24)23(5)9-8-21-15(20-4)22-11-12-10-13(18)6-7-14(12)19/h6-7,10H,8-9,11H2,1-5H3,(H2,20,21,22). The molecule has 0 aromatic heterocycles. The van der Waals surface area contributed by atoms with Gasteiger partial charge in [0.2, 0.25) is 0 Å². The summed E-state index contributed by atoms with van der Waals surface area (Å²) in [5.41, 5.74) is -0.348. The number of likely N-dealkylation sites (N-methyl/N-ethyl adjacent to an activating group) is 1. The summed E-state index contributed by atoms with van der Waals surface area (Å²) in [6.45, 7) is 6.30. The molecule has 0 aliphatic carbocycles. The van der Waals surface area contributed by atoms with Crippen LogP contribution in [0, 0.1) is 11.6 Å². The zero-order chi connectivity index (χ0) is 19.0. The lowest BCUT2D eigenvalue weighted by Crippen LogP contribution is -2.42. The number of hydrogen-bond donors (Lipinski definition) is 2. The lowest BCUT2D eigenvalue weighted by Gasteiger charge is -2.24. The fourth-order valence-electron chi connectivity index (χ4n) is 1.85. The highest BCUT2D eigenvalue weighted by Crippen LogP contribution is 2.09. The third-order valence-electron chi connectivity index (χ3n) is 3.12. The summed E-state index contributed by atoms with van der Waals surface area (Å²) in [6, 6.07) is 3.28. The number of nitrogens with one attached hydrogen (secondary N) is 2. The van der Waals surface area contributed by atoms with Crippen molar-refractivity contribution < 1.29 is 18.3 Å². The lowest BCUT2D eigenvalue weighted by atomic mass is 10.2. The molecule has 1 amide bonds. The maximum atomic E-state index is 13.6. The van der Waals surface area contributed by atoms with Crippen LogP contribution in [0.4, 0.5) is 13.6 Å². The molecule has 1 aromatic carbocycles. The smallest absolute Gasteiger partial charge is 0.410 e. The molecule has 0 saturated heterocycles. The quantitative estimate of drug-likeness (QED) is 0.628. The predicted molar refractivity (Wildman–Crippen MR) is 93.4 cm³/mol. The van der Waals surface area contributed by atoms with Crippen LogP contribution in [-0.4, -0.2) is 49.7 Å². The van der Waals surface area contributed by atoms with Gasteiger partial charge in [-0.3, -0.25) is 4.99 Å². The predicted octanol–water partition coefficient (Wildman–Crippen LogP) is 2.50. The van der Waals surface area contributed by atoms with Crippen LogP contribution in [0.2, 0.25) is 0 Å². The van der Waals surface area contributed by atoms with Crippen molar-refractivity contribution in [2.75, 3.05) is 27.2 Å². The summed E-state index contributed by atoms with van der Waals surface area (Å²) in [4.78, 5) is 17.3. The third kappa shape index (κ3) is 7.82. The van der Waals surface area contributed by atoms with Gasteiger partial charge in [-0.15, -0.1) is 0 Å². The number of carbonyl (C=O) groups is 1. The molecule has 1 aromatic rings. The second-order valence-electron chi connectivity index (χ2n) is 6.49. The Bertz CT molecular complexity index is 615. The highest BCUT2D eigenvalue weighted by atomic mass is 19.1. The van der Waals surface area contributed by atoms with Gasteiger partial charge in [-0.2, -0.15) is 0 Å². The first-order chi connectivity index (χ1) is 11.6. The van der Waals surface area contributed by atoms with E-state index in [1.165, 1.54) is 4.90 Å². The van der Waals surface area contributed by atoms with Gasteiger partial charge in [0, 0.05) is 39.3 Å². The Hall–Kier alpha value is -2.38. The number of amides is 1. The van der Waals surface area contributed by atoms with Crippen LogP contribution in [0.1, 0.15) is 26.3 Å². The second kappa shape index (κ2) is 9.19. The molecule has 0 aliphatic heterocycles. The summed E-state index contributed by atoms with van der Waals surface area (Å²) < 4.78 is 32.0. The van der Waals surface area contributed by atoms with Crippen molar-refractivity contribution in [2.45, 2.75) is 32.9 Å². The van der Waals surface area contributed by atoms with E-state index in [4.69, 9.17) is 4.74 Å². The average molecular weight is 356 g/mol. The Morgan fingerprint density at radius 2 is 1.96 bits per heavy atom. The van der Waals surface area contributed by atoms with Crippen molar-refractivity contribution in [3.63, 3.8) is 0 Å². The largest absolute Gasteiger partial charge is 0.444 e. The van der Waals surface area contributed by atoms with Gasteiger partial charge in [-0.25, -0.2) is 13.6 Å². The van der Waals surface area contributed by atoms with Gasteiger partial charge in [-0.1, -0.05) is 0 Å². The highest BCUT2D eigenvalue weighted by molar-refractivity contribution is 5.79. The monoisotopic (exact) mass is 356 g/mol. The van der Waals surface area contributed by atoms with Crippen molar-refractivity contribution in [1.29, 1.82) is 0 Å². The van der Waals surface area contributed by atoms with Crippen LogP contribution >= 0.6 is 0 Å². The first-order valence-corrected chi connectivity index (χ1v) is 7.95. The van der Waals surface area contributed by atoms with Crippen molar-refractivity contribution in [1.82, 2.24) is 15.5 Å². The zero-order valence-corrected chi connectivity index (χ0v) is 15.3. The van der Waals surface area contributed by atoms with Crippen LogP contribution in [-0.2, 0) is 11.3 Å². The number of aliphatic imine (C=N–C) groups is 1. The zero-order valence-electron chi connectivity index (χ0n) is 15.3. The van der Waals surface area contributed by atoms with Gasteiger partial charge in [0.1, 0.15) is 17.2 Å². The molecular weight excluding hydrogens is 330 g/mol. The Balaban J connectivity index is 2.42. The maximum Gasteiger partial charge on any atom is 0.410 e. The first-order valence-electron chi connectivity index (χ1n) is 7.95. The Labute approximate surface area is 147 Å². The van der Waals surface area contributed by atoms with E-state index in [1.54, 1.807) is 34.9 Å². The SMILES string of the molecule is CN=C(NCCN(C)C(=O)OC(C)(C)C)NCc1cc(F)ccc1F. The van der Waals surface area contributed by atoms with E-state index in [2.05, 4.69) is 15.6 Å². The van der Waals surface area contributed by atoms with E-state index in [0.717, 1.165) is 18.2 Å². The van der Waals surface area contributed by atoms with Crippen molar-refractivity contribution in [3.05, 3.63) is 35.4 Å². The number of guanidine groups is 1. The molecule has 0 atom stereocenters. The van der Waals surface area contributed by atoms with Gasteiger partial charge < -0.3 is 20.3 Å². The van der Waals surface area contributed by atoms with Crippen molar-refractivity contribution in [3.8, 4) is 0 Å². The lowest BCUT2D eigenvalue weighted by molar-refractivity contribution is 0.0302. The first kappa shape index (κ1) is 20.7. The third-order valence-corrected chi connectivity index (χ3v) is 3.12. The van der Waals surface area contributed by atoms with E-state index in [0.29, 0.717) is 19.0 Å². The van der Waals surface area contributed by atoms with Crippen LogP contribution in [0.3, 0.4) is 0 Å². The molecule has 0 unspecified atom stereocenters. The van der Waals surface area contributed by atoms with Crippen molar-refractivity contribution >= 4 is 12.1 Å². The molecule has 0 heterocycles. The number of hydrogen-bond acceptors (Lipinski definition) is 3. The molecule has 2 N–H and O–H groups in total. The van der Waals surface area contributed by atoms with Crippen LogP contribution in [0.5, 0.6) is 0 Å². The van der Waals surface area contributed by atoms with Gasteiger partial charge in [0.15, 0.2) is 5.96 Å².